The highest BCUT2D eigenvalue weighted by Crippen LogP contribution is 2.39. The summed E-state index contributed by atoms with van der Waals surface area (Å²) in [6.07, 6.45) is 8.16. The lowest BCUT2D eigenvalue weighted by atomic mass is 9.96. The molecule has 1 aliphatic rings. The normalized spacial score (nSPS) is 13.5. The molecule has 1 amide bonds. The zero-order valence-corrected chi connectivity index (χ0v) is 21.5. The number of benzene rings is 2. The summed E-state index contributed by atoms with van der Waals surface area (Å²) in [6.45, 7) is 0. The van der Waals surface area contributed by atoms with Crippen LogP contribution in [0.25, 0.3) is 11.3 Å². The van der Waals surface area contributed by atoms with Crippen molar-refractivity contribution in [2.45, 2.75) is 38.5 Å². The van der Waals surface area contributed by atoms with Gasteiger partial charge in [-0.2, -0.15) is 0 Å². The number of nitrogens with one attached hydrogen (secondary N) is 1. The Balaban J connectivity index is 1.42. The molecule has 7 heteroatoms. The minimum Gasteiger partial charge on any atom is -0.465 e. The number of rotatable bonds is 6. The van der Waals surface area contributed by atoms with Crippen LogP contribution in [0, 0.1) is 0 Å². The summed E-state index contributed by atoms with van der Waals surface area (Å²) < 4.78 is 10.8. The lowest BCUT2D eigenvalue weighted by Gasteiger charge is -2.11. The van der Waals surface area contributed by atoms with E-state index in [2.05, 4.69) is 5.32 Å². The SMILES string of the molecule is COC(=O)c1ccc(-c2ccc(C=Nc3sc4c(c3C(=O)Nc3ccccc3)CCCCCC4)o2)cc1. The van der Waals surface area contributed by atoms with Crippen molar-refractivity contribution in [3.05, 3.63) is 94.1 Å². The van der Waals surface area contributed by atoms with E-state index >= 15 is 0 Å². The molecular weight excluding hydrogens is 484 g/mol. The molecule has 1 N–H and O–H groups in total. The molecule has 0 bridgehead atoms. The first-order valence-electron chi connectivity index (χ1n) is 12.5. The number of aliphatic imine (C=N–C) groups is 1. The number of nitrogens with zero attached hydrogens (tertiary/aromatic N) is 1. The van der Waals surface area contributed by atoms with Crippen molar-refractivity contribution < 1.29 is 18.7 Å². The van der Waals surface area contributed by atoms with E-state index in [-0.39, 0.29) is 11.9 Å². The summed E-state index contributed by atoms with van der Waals surface area (Å²) in [5.41, 5.74) is 3.90. The predicted molar refractivity (Wildman–Crippen MR) is 147 cm³/mol. The van der Waals surface area contributed by atoms with E-state index in [1.165, 1.54) is 24.8 Å². The van der Waals surface area contributed by atoms with E-state index in [9.17, 15) is 9.59 Å². The van der Waals surface area contributed by atoms with Gasteiger partial charge in [-0.15, -0.1) is 11.3 Å². The number of thiophene rings is 1. The third-order valence-electron chi connectivity index (χ3n) is 6.44. The first kappa shape index (κ1) is 24.7. The van der Waals surface area contributed by atoms with Crippen molar-refractivity contribution in [3.8, 4) is 11.3 Å². The maximum Gasteiger partial charge on any atom is 0.337 e. The summed E-state index contributed by atoms with van der Waals surface area (Å²) in [4.78, 5) is 31.1. The highest BCUT2D eigenvalue weighted by atomic mass is 32.1. The fraction of sp³-hybridized carbons (Fsp3) is 0.233. The van der Waals surface area contributed by atoms with Crippen LogP contribution in [0.2, 0.25) is 0 Å². The van der Waals surface area contributed by atoms with E-state index in [0.717, 1.165) is 42.5 Å². The monoisotopic (exact) mass is 512 g/mol. The predicted octanol–water partition coefficient (Wildman–Crippen LogP) is 7.46. The zero-order valence-electron chi connectivity index (χ0n) is 20.7. The van der Waals surface area contributed by atoms with Gasteiger partial charge >= 0.3 is 5.97 Å². The topological polar surface area (TPSA) is 80.9 Å². The number of hydrogen-bond donors (Lipinski definition) is 1. The summed E-state index contributed by atoms with van der Waals surface area (Å²) in [5, 5.41) is 3.76. The number of amides is 1. The number of furan rings is 1. The molecule has 0 fully saturated rings. The van der Waals surface area contributed by atoms with Crippen molar-refractivity contribution >= 4 is 40.1 Å². The minimum atomic E-state index is -0.379. The molecule has 6 nitrogen and oxygen atoms in total. The number of esters is 1. The maximum absolute atomic E-state index is 13.4. The average molecular weight is 513 g/mol. The molecule has 5 rings (SSSR count). The van der Waals surface area contributed by atoms with Gasteiger partial charge in [0.05, 0.1) is 24.5 Å². The molecular formula is C30H28N2O4S. The Morgan fingerprint density at radius 3 is 2.46 bits per heavy atom. The van der Waals surface area contributed by atoms with Crippen LogP contribution >= 0.6 is 11.3 Å². The third kappa shape index (κ3) is 5.73. The van der Waals surface area contributed by atoms with Gasteiger partial charge in [0.15, 0.2) is 0 Å². The molecule has 0 spiro atoms. The number of carbonyl (C=O) groups excluding carboxylic acids is 2. The highest BCUT2D eigenvalue weighted by molar-refractivity contribution is 7.16. The van der Waals surface area contributed by atoms with Gasteiger partial charge in [0.25, 0.3) is 5.91 Å². The lowest BCUT2D eigenvalue weighted by Crippen LogP contribution is -2.14. The third-order valence-corrected chi connectivity index (χ3v) is 7.64. The van der Waals surface area contributed by atoms with Gasteiger partial charge in [-0.25, -0.2) is 9.79 Å². The Bertz CT molecular complexity index is 1420. The first-order valence-corrected chi connectivity index (χ1v) is 13.3. The number of aryl methyl sites for hydroxylation is 1. The number of ether oxygens (including phenoxy) is 1. The quantitative estimate of drug-likeness (QED) is 0.215. The van der Waals surface area contributed by atoms with Crippen LogP contribution in [-0.4, -0.2) is 25.2 Å². The second-order valence-corrected chi connectivity index (χ2v) is 10.0. The Morgan fingerprint density at radius 1 is 0.946 bits per heavy atom. The van der Waals surface area contributed by atoms with Crippen molar-refractivity contribution in [2.24, 2.45) is 4.99 Å². The molecule has 0 atom stereocenters. The van der Waals surface area contributed by atoms with Gasteiger partial charge in [-0.3, -0.25) is 4.79 Å². The Kier molecular flexibility index (Phi) is 7.61. The van der Waals surface area contributed by atoms with Gasteiger partial charge in [0.1, 0.15) is 16.5 Å². The number of anilines is 1. The van der Waals surface area contributed by atoms with E-state index in [1.807, 2.05) is 54.6 Å². The Morgan fingerprint density at radius 2 is 1.70 bits per heavy atom. The number of para-hydroxylation sites is 1. The Hall–Kier alpha value is -3.97. The fourth-order valence-electron chi connectivity index (χ4n) is 4.53. The molecule has 37 heavy (non-hydrogen) atoms. The van der Waals surface area contributed by atoms with Gasteiger partial charge in [-0.1, -0.05) is 43.2 Å². The molecule has 0 saturated heterocycles. The van der Waals surface area contributed by atoms with Gasteiger partial charge in [0.2, 0.25) is 0 Å². The average Bonchev–Trinajstić information content (AvgIpc) is 3.52. The van der Waals surface area contributed by atoms with Gasteiger partial charge in [-0.05, 0) is 67.6 Å². The first-order chi connectivity index (χ1) is 18.1. The summed E-state index contributed by atoms with van der Waals surface area (Å²) >= 11 is 1.61. The molecule has 0 radical (unpaired) electrons. The minimum absolute atomic E-state index is 0.123. The van der Waals surface area contributed by atoms with Crippen LogP contribution in [0.5, 0.6) is 0 Å². The van der Waals surface area contributed by atoms with Crippen molar-refractivity contribution in [2.75, 3.05) is 12.4 Å². The largest absolute Gasteiger partial charge is 0.465 e. The number of carbonyl (C=O) groups is 2. The van der Waals surface area contributed by atoms with E-state index in [4.69, 9.17) is 14.1 Å². The smallest absolute Gasteiger partial charge is 0.337 e. The molecule has 0 aliphatic heterocycles. The highest BCUT2D eigenvalue weighted by Gasteiger charge is 2.24. The second kappa shape index (κ2) is 11.4. The number of fused-ring (bicyclic) bond motifs is 1. The summed E-state index contributed by atoms with van der Waals surface area (Å²) in [5.74, 6) is 0.749. The van der Waals surface area contributed by atoms with Crippen molar-refractivity contribution in [3.63, 3.8) is 0 Å². The zero-order chi connectivity index (χ0) is 25.6. The van der Waals surface area contributed by atoms with Crippen LogP contribution in [0.1, 0.15) is 62.6 Å². The van der Waals surface area contributed by atoms with Crippen LogP contribution in [-0.2, 0) is 17.6 Å². The Labute approximate surface area is 220 Å². The summed E-state index contributed by atoms with van der Waals surface area (Å²) in [6, 6.07) is 20.3. The van der Waals surface area contributed by atoms with Gasteiger partial charge in [0, 0.05) is 16.1 Å². The van der Waals surface area contributed by atoms with Crippen molar-refractivity contribution in [1.82, 2.24) is 0 Å². The van der Waals surface area contributed by atoms with Crippen LogP contribution in [0.15, 0.2) is 76.1 Å². The molecule has 2 heterocycles. The number of hydrogen-bond acceptors (Lipinski definition) is 6. The van der Waals surface area contributed by atoms with Gasteiger partial charge < -0.3 is 14.5 Å². The lowest BCUT2D eigenvalue weighted by molar-refractivity contribution is 0.0600. The van der Waals surface area contributed by atoms with Crippen LogP contribution < -0.4 is 5.32 Å². The molecule has 0 unspecified atom stereocenters. The second-order valence-electron chi connectivity index (χ2n) is 8.95. The fourth-order valence-corrected chi connectivity index (χ4v) is 5.76. The number of methoxy groups -OCH3 is 1. The maximum atomic E-state index is 13.4. The molecule has 4 aromatic rings. The molecule has 2 aromatic heterocycles. The molecule has 0 saturated carbocycles. The van der Waals surface area contributed by atoms with Crippen molar-refractivity contribution in [1.29, 1.82) is 0 Å². The van der Waals surface area contributed by atoms with Crippen LogP contribution in [0.3, 0.4) is 0 Å². The standard InChI is InChI=1S/C30H28N2O4S/c1-35-30(34)21-15-13-20(14-16-21)25-18-17-23(36-25)19-31-29-27(28(33)32-22-9-5-4-6-10-22)24-11-7-2-3-8-12-26(24)37-29/h4-6,9-10,13-19H,2-3,7-8,11-12H2,1H3,(H,32,33). The summed E-state index contributed by atoms with van der Waals surface area (Å²) in [7, 11) is 1.36. The molecule has 1 aliphatic carbocycles. The van der Waals surface area contributed by atoms with E-state index < -0.39 is 0 Å². The molecule has 188 valence electrons. The van der Waals surface area contributed by atoms with E-state index in [0.29, 0.717) is 27.6 Å². The van der Waals surface area contributed by atoms with E-state index in [1.54, 1.807) is 29.7 Å². The van der Waals surface area contributed by atoms with Crippen LogP contribution in [0.4, 0.5) is 10.7 Å². The molecule has 2 aromatic carbocycles.